The number of nitrogens with zero attached hydrogens (tertiary/aromatic N) is 1. The van der Waals surface area contributed by atoms with Crippen LogP contribution in [0.3, 0.4) is 0 Å². The maximum Gasteiger partial charge on any atom is 0.230 e. The Hall–Kier alpha value is -2.32. The number of rotatable bonds is 11. The predicted octanol–water partition coefficient (Wildman–Crippen LogP) is -1.14. The molecule has 1 saturated heterocycles. The number of hydrogen-bond acceptors (Lipinski definition) is 8. The summed E-state index contributed by atoms with van der Waals surface area (Å²) in [7, 11) is 0. The number of Topliss-reactive ketones (excluding diaryl/α,β-unsaturated/α-hetero) is 1. The molecule has 31 heavy (non-hydrogen) atoms. The smallest absolute Gasteiger partial charge is 0.230 e. The van der Waals surface area contributed by atoms with Gasteiger partial charge in [0, 0.05) is 25.9 Å². The van der Waals surface area contributed by atoms with Gasteiger partial charge in [0.15, 0.2) is 6.29 Å². The number of terminal acetylenes is 1. The molecule has 9 nitrogen and oxygen atoms in total. The Morgan fingerprint density at radius 2 is 1.81 bits per heavy atom. The molecule has 9 heteroatoms. The van der Waals surface area contributed by atoms with Crippen molar-refractivity contribution in [3.05, 3.63) is 35.9 Å². The van der Waals surface area contributed by atoms with E-state index in [2.05, 4.69) is 5.92 Å². The third-order valence-corrected chi connectivity index (χ3v) is 4.96. The van der Waals surface area contributed by atoms with Crippen molar-refractivity contribution in [2.45, 2.75) is 50.0 Å². The number of carbonyl (C=O) groups is 2. The van der Waals surface area contributed by atoms with E-state index in [1.165, 1.54) is 4.90 Å². The molecule has 0 saturated carbocycles. The summed E-state index contributed by atoms with van der Waals surface area (Å²) < 4.78 is 10.7. The van der Waals surface area contributed by atoms with Gasteiger partial charge in [-0.15, -0.1) is 12.3 Å². The van der Waals surface area contributed by atoms with Crippen LogP contribution in [0.15, 0.2) is 30.3 Å². The second-order valence-corrected chi connectivity index (χ2v) is 7.28. The van der Waals surface area contributed by atoms with Crippen molar-refractivity contribution in [2.75, 3.05) is 26.3 Å². The lowest BCUT2D eigenvalue weighted by Gasteiger charge is -2.39. The molecule has 0 aliphatic carbocycles. The van der Waals surface area contributed by atoms with Crippen LogP contribution in [0, 0.1) is 12.3 Å². The largest absolute Gasteiger partial charge is 0.394 e. The molecule has 0 radical (unpaired) electrons. The summed E-state index contributed by atoms with van der Waals surface area (Å²) in [4.78, 5) is 26.2. The van der Waals surface area contributed by atoms with Gasteiger partial charge in [-0.05, 0) is 5.56 Å². The van der Waals surface area contributed by atoms with Gasteiger partial charge in [-0.3, -0.25) is 9.59 Å². The summed E-state index contributed by atoms with van der Waals surface area (Å²) >= 11 is 0. The van der Waals surface area contributed by atoms with Crippen LogP contribution in [0.4, 0.5) is 0 Å². The van der Waals surface area contributed by atoms with Crippen molar-refractivity contribution in [3.8, 4) is 12.3 Å². The second-order valence-electron chi connectivity index (χ2n) is 7.28. The molecule has 170 valence electrons. The standard InChI is InChI=1S/C22H29NO8/c1-2-3-9-23(18(26)13-16(25)12-15-7-5-4-6-8-15)10-11-30-22-21(29)20(28)19(27)17(14-24)31-22/h1,4-8,17,19-22,24,27-29H,3,9-14H2. The SMILES string of the molecule is C#CCCN(CCOC1OC(CO)C(O)C(O)C1O)C(=O)CC(=O)Cc1ccccc1. The van der Waals surface area contributed by atoms with Crippen LogP contribution in [-0.4, -0.2) is 94.0 Å². The Balaban J connectivity index is 1.88. The molecule has 1 aromatic carbocycles. The monoisotopic (exact) mass is 435 g/mol. The van der Waals surface area contributed by atoms with E-state index in [1.54, 1.807) is 0 Å². The molecule has 1 heterocycles. The number of aliphatic hydroxyl groups is 4. The highest BCUT2D eigenvalue weighted by Crippen LogP contribution is 2.21. The minimum Gasteiger partial charge on any atom is -0.394 e. The van der Waals surface area contributed by atoms with Crippen molar-refractivity contribution in [1.29, 1.82) is 0 Å². The first kappa shape index (κ1) is 24.9. The summed E-state index contributed by atoms with van der Waals surface area (Å²) in [6, 6.07) is 9.11. The fraction of sp³-hybridized carbons (Fsp3) is 0.545. The second kappa shape index (κ2) is 12.5. The summed E-state index contributed by atoms with van der Waals surface area (Å²) in [5, 5.41) is 38.8. The molecule has 0 bridgehead atoms. The number of ether oxygens (including phenoxy) is 2. The maximum atomic E-state index is 12.6. The van der Waals surface area contributed by atoms with Crippen molar-refractivity contribution >= 4 is 11.7 Å². The van der Waals surface area contributed by atoms with Gasteiger partial charge in [-0.25, -0.2) is 0 Å². The quantitative estimate of drug-likeness (QED) is 0.253. The van der Waals surface area contributed by atoms with Crippen LogP contribution in [0.25, 0.3) is 0 Å². The zero-order valence-electron chi connectivity index (χ0n) is 17.2. The normalized spacial score (nSPS) is 25.6. The van der Waals surface area contributed by atoms with Crippen LogP contribution >= 0.6 is 0 Å². The first-order chi connectivity index (χ1) is 14.9. The van der Waals surface area contributed by atoms with Crippen molar-refractivity contribution in [3.63, 3.8) is 0 Å². The topological polar surface area (TPSA) is 137 Å². The number of hydrogen-bond donors (Lipinski definition) is 4. The van der Waals surface area contributed by atoms with E-state index in [-0.39, 0.29) is 38.3 Å². The molecular formula is C22H29NO8. The van der Waals surface area contributed by atoms with Crippen molar-refractivity contribution < 1.29 is 39.5 Å². The molecule has 2 rings (SSSR count). The minimum atomic E-state index is -1.55. The molecule has 1 aliphatic rings. The Kier molecular flexibility index (Phi) is 10.1. The average molecular weight is 435 g/mol. The number of amides is 1. The highest BCUT2D eigenvalue weighted by atomic mass is 16.7. The number of ketones is 1. The van der Waals surface area contributed by atoms with Gasteiger partial charge >= 0.3 is 0 Å². The van der Waals surface area contributed by atoms with Crippen LogP contribution in [0.1, 0.15) is 18.4 Å². The molecular weight excluding hydrogens is 406 g/mol. The first-order valence-electron chi connectivity index (χ1n) is 10.1. The predicted molar refractivity (Wildman–Crippen MR) is 110 cm³/mol. The fourth-order valence-corrected chi connectivity index (χ4v) is 3.21. The van der Waals surface area contributed by atoms with Crippen LogP contribution in [0.2, 0.25) is 0 Å². The van der Waals surface area contributed by atoms with E-state index in [0.29, 0.717) is 6.42 Å². The van der Waals surface area contributed by atoms with Gasteiger partial charge in [0.1, 0.15) is 30.2 Å². The van der Waals surface area contributed by atoms with Gasteiger partial charge in [0.05, 0.1) is 19.6 Å². The number of benzene rings is 1. The van der Waals surface area contributed by atoms with E-state index in [9.17, 15) is 30.0 Å². The van der Waals surface area contributed by atoms with Gasteiger partial charge < -0.3 is 34.8 Å². The Bertz CT molecular complexity index is 748. The summed E-state index contributed by atoms with van der Waals surface area (Å²) in [5.74, 6) is 1.82. The Morgan fingerprint density at radius 3 is 2.45 bits per heavy atom. The lowest BCUT2D eigenvalue weighted by atomic mass is 9.99. The van der Waals surface area contributed by atoms with Crippen molar-refractivity contribution in [1.82, 2.24) is 4.90 Å². The van der Waals surface area contributed by atoms with Crippen molar-refractivity contribution in [2.24, 2.45) is 0 Å². The van der Waals surface area contributed by atoms with Crippen LogP contribution < -0.4 is 0 Å². The third kappa shape index (κ3) is 7.40. The van der Waals surface area contributed by atoms with E-state index in [4.69, 9.17) is 15.9 Å². The van der Waals surface area contributed by atoms with E-state index < -0.39 is 43.2 Å². The first-order valence-corrected chi connectivity index (χ1v) is 10.1. The van der Waals surface area contributed by atoms with E-state index in [0.717, 1.165) is 5.56 Å². The van der Waals surface area contributed by atoms with Gasteiger partial charge in [0.25, 0.3) is 0 Å². The Labute approximate surface area is 181 Å². The third-order valence-electron chi connectivity index (χ3n) is 4.96. The van der Waals surface area contributed by atoms with Crippen LogP contribution in [-0.2, 0) is 25.5 Å². The summed E-state index contributed by atoms with van der Waals surface area (Å²) in [5.41, 5.74) is 0.821. The lowest BCUT2D eigenvalue weighted by Crippen LogP contribution is -2.59. The van der Waals surface area contributed by atoms with Gasteiger partial charge in [-0.2, -0.15) is 0 Å². The zero-order chi connectivity index (χ0) is 22.8. The highest BCUT2D eigenvalue weighted by Gasteiger charge is 2.44. The molecule has 1 aromatic rings. The lowest BCUT2D eigenvalue weighted by molar-refractivity contribution is -0.301. The summed E-state index contributed by atoms with van der Waals surface area (Å²) in [6.07, 6.45) is -1.49. The molecule has 1 fully saturated rings. The van der Waals surface area contributed by atoms with Gasteiger partial charge in [0.2, 0.25) is 5.91 Å². The molecule has 1 aliphatic heterocycles. The Morgan fingerprint density at radius 1 is 1.10 bits per heavy atom. The molecule has 4 N–H and O–H groups in total. The zero-order valence-corrected chi connectivity index (χ0v) is 17.2. The number of carbonyl (C=O) groups excluding carboxylic acids is 2. The van der Waals surface area contributed by atoms with Crippen LogP contribution in [0.5, 0.6) is 0 Å². The van der Waals surface area contributed by atoms with E-state index in [1.807, 2.05) is 30.3 Å². The molecule has 0 spiro atoms. The number of aliphatic hydroxyl groups excluding tert-OH is 4. The van der Waals surface area contributed by atoms with Gasteiger partial charge in [-0.1, -0.05) is 30.3 Å². The molecule has 0 aromatic heterocycles. The maximum absolute atomic E-state index is 12.6. The summed E-state index contributed by atoms with van der Waals surface area (Å²) in [6.45, 7) is -0.340. The van der Waals surface area contributed by atoms with E-state index >= 15 is 0 Å². The highest BCUT2D eigenvalue weighted by molar-refractivity contribution is 5.98. The molecule has 5 unspecified atom stereocenters. The average Bonchev–Trinajstić information content (AvgIpc) is 2.76. The fourth-order valence-electron chi connectivity index (χ4n) is 3.21. The molecule has 1 amide bonds. The molecule has 5 atom stereocenters. The minimum absolute atomic E-state index is 0.0775.